The molecule has 2 unspecified atom stereocenters. The van der Waals surface area contributed by atoms with Crippen molar-refractivity contribution in [3.05, 3.63) is 0 Å². The van der Waals surface area contributed by atoms with E-state index in [1.807, 2.05) is 0 Å². The molecule has 2 heteroatoms. The van der Waals surface area contributed by atoms with Gasteiger partial charge in [-0.1, -0.05) is 0 Å². The molecule has 1 spiro atoms. The van der Waals surface area contributed by atoms with Crippen molar-refractivity contribution in [3.8, 4) is 0 Å². The largest absolute Gasteiger partial charge is 0.300 e. The van der Waals surface area contributed by atoms with Crippen molar-refractivity contribution >= 4 is 0 Å². The molecular weight excluding hydrogens is 208 g/mol. The van der Waals surface area contributed by atoms with Crippen LogP contribution in [0.3, 0.4) is 0 Å². The number of hydrogen-bond donors (Lipinski definition) is 0. The van der Waals surface area contributed by atoms with E-state index in [-0.39, 0.29) is 0 Å². The van der Waals surface area contributed by atoms with Gasteiger partial charge in [0.15, 0.2) is 0 Å². The summed E-state index contributed by atoms with van der Waals surface area (Å²) in [4.78, 5) is 5.35. The second-order valence-corrected chi connectivity index (χ2v) is 7.47. The molecule has 0 aromatic heterocycles. The van der Waals surface area contributed by atoms with Crippen molar-refractivity contribution in [2.45, 2.75) is 52.6 Å². The molecule has 0 N–H and O–H groups in total. The summed E-state index contributed by atoms with van der Waals surface area (Å²) in [5, 5.41) is 0. The molecule has 2 saturated heterocycles. The fourth-order valence-electron chi connectivity index (χ4n) is 4.49. The molecule has 0 bridgehead atoms. The molecule has 0 amide bonds. The van der Waals surface area contributed by atoms with E-state index in [9.17, 15) is 0 Å². The van der Waals surface area contributed by atoms with Gasteiger partial charge in [0.25, 0.3) is 0 Å². The summed E-state index contributed by atoms with van der Waals surface area (Å²) in [6.07, 6.45) is 3.04. The Kier molecular flexibility index (Phi) is 2.79. The van der Waals surface area contributed by atoms with Crippen molar-refractivity contribution < 1.29 is 0 Å². The number of rotatable bonds is 2. The molecule has 2 aliphatic heterocycles. The highest BCUT2D eigenvalue weighted by molar-refractivity contribution is 5.07. The monoisotopic (exact) mass is 236 g/mol. The molecular formula is C15H28N2. The van der Waals surface area contributed by atoms with Crippen LogP contribution in [-0.2, 0) is 0 Å². The third-order valence-corrected chi connectivity index (χ3v) is 5.53. The third kappa shape index (κ3) is 1.94. The van der Waals surface area contributed by atoms with Crippen LogP contribution in [0.5, 0.6) is 0 Å². The molecule has 0 aromatic carbocycles. The van der Waals surface area contributed by atoms with Crippen LogP contribution in [0.2, 0.25) is 0 Å². The molecule has 98 valence electrons. The van der Waals surface area contributed by atoms with Gasteiger partial charge in [0, 0.05) is 38.3 Å². The first kappa shape index (κ1) is 12.0. The maximum atomic E-state index is 2.70. The minimum atomic E-state index is 0.739. The van der Waals surface area contributed by atoms with Crippen LogP contribution in [-0.4, -0.2) is 48.1 Å². The predicted molar refractivity (Wildman–Crippen MR) is 72.1 cm³/mol. The van der Waals surface area contributed by atoms with Crippen molar-refractivity contribution in [1.82, 2.24) is 9.80 Å². The standard InChI is InChI=1S/C15H28N2/c1-11(2)16-7-13-5-15(6-14(13)8-16)9-17(10-15)12(3)4/h11-14H,5-10H2,1-4H3. The first-order valence-electron chi connectivity index (χ1n) is 7.47. The molecule has 3 fully saturated rings. The fourth-order valence-corrected chi connectivity index (χ4v) is 4.49. The summed E-state index contributed by atoms with van der Waals surface area (Å²) in [5.74, 6) is 2.04. The summed E-state index contributed by atoms with van der Waals surface area (Å²) >= 11 is 0. The van der Waals surface area contributed by atoms with Crippen molar-refractivity contribution in [3.63, 3.8) is 0 Å². The van der Waals surface area contributed by atoms with Gasteiger partial charge in [-0.3, -0.25) is 4.90 Å². The Morgan fingerprint density at radius 1 is 0.824 bits per heavy atom. The molecule has 2 atom stereocenters. The second kappa shape index (κ2) is 3.96. The zero-order chi connectivity index (χ0) is 12.2. The number of hydrogen-bond acceptors (Lipinski definition) is 2. The summed E-state index contributed by atoms with van der Waals surface area (Å²) < 4.78 is 0. The van der Waals surface area contributed by atoms with E-state index in [0.29, 0.717) is 0 Å². The zero-order valence-electron chi connectivity index (χ0n) is 11.9. The van der Waals surface area contributed by atoms with Crippen LogP contribution in [0.25, 0.3) is 0 Å². The minimum absolute atomic E-state index is 0.739. The first-order chi connectivity index (χ1) is 7.99. The first-order valence-corrected chi connectivity index (χ1v) is 7.47. The van der Waals surface area contributed by atoms with Crippen molar-refractivity contribution in [2.75, 3.05) is 26.2 Å². The lowest BCUT2D eigenvalue weighted by molar-refractivity contribution is -0.0248. The van der Waals surface area contributed by atoms with Gasteiger partial charge in [0.2, 0.25) is 0 Å². The molecule has 1 saturated carbocycles. The van der Waals surface area contributed by atoms with Gasteiger partial charge in [-0.25, -0.2) is 0 Å². The third-order valence-electron chi connectivity index (χ3n) is 5.53. The van der Waals surface area contributed by atoms with Crippen molar-refractivity contribution in [2.24, 2.45) is 17.3 Å². The smallest absolute Gasteiger partial charge is 0.00534 e. The zero-order valence-corrected chi connectivity index (χ0v) is 11.9. The molecule has 0 aromatic rings. The Hall–Kier alpha value is -0.0800. The lowest BCUT2D eigenvalue weighted by atomic mass is 9.76. The predicted octanol–water partition coefficient (Wildman–Crippen LogP) is 2.45. The lowest BCUT2D eigenvalue weighted by Gasteiger charge is -2.51. The number of likely N-dealkylation sites (tertiary alicyclic amines) is 2. The summed E-state index contributed by atoms with van der Waals surface area (Å²) in [7, 11) is 0. The van der Waals surface area contributed by atoms with Gasteiger partial charge in [-0.2, -0.15) is 0 Å². The van der Waals surface area contributed by atoms with Crippen LogP contribution < -0.4 is 0 Å². The lowest BCUT2D eigenvalue weighted by Crippen LogP contribution is -2.58. The Morgan fingerprint density at radius 2 is 1.29 bits per heavy atom. The summed E-state index contributed by atoms with van der Waals surface area (Å²) in [6, 6.07) is 1.51. The van der Waals surface area contributed by atoms with Crippen molar-refractivity contribution in [1.29, 1.82) is 0 Å². The van der Waals surface area contributed by atoms with E-state index in [2.05, 4.69) is 37.5 Å². The van der Waals surface area contributed by atoms with Gasteiger partial charge in [-0.15, -0.1) is 0 Å². The van der Waals surface area contributed by atoms with Gasteiger partial charge in [-0.05, 0) is 57.8 Å². The average Bonchev–Trinajstić information content (AvgIpc) is 2.67. The SMILES string of the molecule is CC(C)N1CC2CC3(CC2C1)CN(C(C)C)C3. The summed E-state index contributed by atoms with van der Waals surface area (Å²) in [5.41, 5.74) is 0.739. The molecule has 3 rings (SSSR count). The minimum Gasteiger partial charge on any atom is -0.300 e. The van der Waals surface area contributed by atoms with Gasteiger partial charge in [0.1, 0.15) is 0 Å². The van der Waals surface area contributed by atoms with E-state index in [4.69, 9.17) is 0 Å². The highest BCUT2D eigenvalue weighted by Gasteiger charge is 2.54. The topological polar surface area (TPSA) is 6.48 Å². The number of nitrogens with zero attached hydrogens (tertiary/aromatic N) is 2. The van der Waals surface area contributed by atoms with E-state index in [1.54, 1.807) is 0 Å². The quantitative estimate of drug-likeness (QED) is 0.726. The van der Waals surface area contributed by atoms with E-state index in [0.717, 1.165) is 29.3 Å². The molecule has 17 heavy (non-hydrogen) atoms. The van der Waals surface area contributed by atoms with E-state index >= 15 is 0 Å². The average molecular weight is 236 g/mol. The number of fused-ring (bicyclic) bond motifs is 1. The molecule has 0 radical (unpaired) electrons. The van der Waals surface area contributed by atoms with E-state index in [1.165, 1.54) is 39.0 Å². The van der Waals surface area contributed by atoms with E-state index < -0.39 is 0 Å². The molecule has 3 aliphatic rings. The molecule has 1 aliphatic carbocycles. The summed E-state index contributed by atoms with van der Waals surface area (Å²) in [6.45, 7) is 14.9. The Morgan fingerprint density at radius 3 is 1.71 bits per heavy atom. The maximum absolute atomic E-state index is 2.70. The highest BCUT2D eigenvalue weighted by Crippen LogP contribution is 2.54. The van der Waals surface area contributed by atoms with Gasteiger partial charge < -0.3 is 4.90 Å². The maximum Gasteiger partial charge on any atom is 0.00534 e. The highest BCUT2D eigenvalue weighted by atomic mass is 15.2. The molecule has 2 nitrogen and oxygen atoms in total. The van der Waals surface area contributed by atoms with Crippen LogP contribution in [0.1, 0.15) is 40.5 Å². The second-order valence-electron chi connectivity index (χ2n) is 7.47. The van der Waals surface area contributed by atoms with Crippen LogP contribution >= 0.6 is 0 Å². The van der Waals surface area contributed by atoms with Crippen LogP contribution in [0.15, 0.2) is 0 Å². The van der Waals surface area contributed by atoms with Crippen LogP contribution in [0, 0.1) is 17.3 Å². The fraction of sp³-hybridized carbons (Fsp3) is 1.00. The Labute approximate surface area is 106 Å². The van der Waals surface area contributed by atoms with Gasteiger partial charge >= 0.3 is 0 Å². The Balaban J connectivity index is 1.57. The molecule has 2 heterocycles. The van der Waals surface area contributed by atoms with Crippen LogP contribution in [0.4, 0.5) is 0 Å². The normalized spacial score (nSPS) is 37.1. The Bertz CT molecular complexity index is 275. The van der Waals surface area contributed by atoms with Gasteiger partial charge in [0.05, 0.1) is 0 Å².